The van der Waals surface area contributed by atoms with E-state index in [4.69, 9.17) is 9.15 Å². The van der Waals surface area contributed by atoms with E-state index in [0.29, 0.717) is 16.5 Å². The number of fused-ring (bicyclic) bond motifs is 2. The molecule has 0 aliphatic carbocycles. The summed E-state index contributed by atoms with van der Waals surface area (Å²) in [6.07, 6.45) is 0.537. The molecule has 2 heterocycles. The standard InChI is InChI=1S/C24H22N2O7/c1-12-7-22(28)33-21-10-16(4-5-17(12)21)32-13(2)23(29)26-20(24(30)31)8-14-11-25-19-6-3-15(27)9-18(14)19/h3-7,9-11,13,20,25,27H,8H2,1-2H3,(H,26,29)(H,30,31)/p-1/t13-,20-/m0/s1. The molecule has 0 aliphatic rings. The van der Waals surface area contributed by atoms with Crippen LogP contribution in [-0.2, 0) is 16.0 Å². The topological polar surface area (TPSA) is 145 Å². The highest BCUT2D eigenvalue weighted by molar-refractivity contribution is 5.88. The highest BCUT2D eigenvalue weighted by Crippen LogP contribution is 2.25. The van der Waals surface area contributed by atoms with Gasteiger partial charge < -0.3 is 34.5 Å². The molecule has 0 fully saturated rings. The number of amides is 1. The number of aliphatic carboxylic acids is 1. The van der Waals surface area contributed by atoms with Crippen molar-refractivity contribution in [2.75, 3.05) is 0 Å². The normalized spacial score (nSPS) is 13.0. The first-order valence-corrected chi connectivity index (χ1v) is 10.2. The molecule has 0 saturated carbocycles. The zero-order valence-electron chi connectivity index (χ0n) is 17.9. The molecule has 4 rings (SSSR count). The van der Waals surface area contributed by atoms with Gasteiger partial charge in [-0.25, -0.2) is 4.79 Å². The van der Waals surface area contributed by atoms with Crippen LogP contribution in [0.2, 0.25) is 0 Å². The van der Waals surface area contributed by atoms with Crippen molar-refractivity contribution in [3.05, 3.63) is 70.2 Å². The van der Waals surface area contributed by atoms with Crippen molar-refractivity contribution in [3.8, 4) is 11.5 Å². The maximum absolute atomic E-state index is 12.6. The van der Waals surface area contributed by atoms with Gasteiger partial charge in [-0.05, 0) is 55.3 Å². The number of nitrogens with one attached hydrogen (secondary N) is 2. The third-order valence-electron chi connectivity index (χ3n) is 5.38. The average Bonchev–Trinajstić information content (AvgIpc) is 3.14. The summed E-state index contributed by atoms with van der Waals surface area (Å²) in [5, 5.41) is 25.2. The van der Waals surface area contributed by atoms with Crippen LogP contribution in [0.3, 0.4) is 0 Å². The minimum Gasteiger partial charge on any atom is -0.548 e. The first-order valence-electron chi connectivity index (χ1n) is 10.2. The van der Waals surface area contributed by atoms with E-state index >= 15 is 0 Å². The summed E-state index contributed by atoms with van der Waals surface area (Å²) in [7, 11) is 0. The van der Waals surface area contributed by atoms with Gasteiger partial charge in [0, 0.05) is 41.0 Å². The van der Waals surface area contributed by atoms with Crippen LogP contribution in [0.15, 0.2) is 57.9 Å². The summed E-state index contributed by atoms with van der Waals surface area (Å²) in [5.41, 5.74) is 1.90. The van der Waals surface area contributed by atoms with Gasteiger partial charge >= 0.3 is 5.63 Å². The molecule has 0 aliphatic heterocycles. The maximum Gasteiger partial charge on any atom is 0.336 e. The number of aromatic hydroxyl groups is 1. The number of aromatic amines is 1. The number of H-pyrrole nitrogens is 1. The third kappa shape index (κ3) is 4.67. The monoisotopic (exact) mass is 449 g/mol. The van der Waals surface area contributed by atoms with E-state index < -0.39 is 29.6 Å². The minimum atomic E-state index is -1.45. The largest absolute Gasteiger partial charge is 0.548 e. The molecule has 2 aromatic heterocycles. The molecule has 9 nitrogen and oxygen atoms in total. The molecule has 9 heteroatoms. The van der Waals surface area contributed by atoms with E-state index in [9.17, 15) is 24.6 Å². The number of carbonyl (C=O) groups is 2. The van der Waals surface area contributed by atoms with Gasteiger partial charge in [-0.15, -0.1) is 0 Å². The summed E-state index contributed by atoms with van der Waals surface area (Å²) in [6.45, 7) is 3.26. The van der Waals surface area contributed by atoms with Gasteiger partial charge in [0.1, 0.15) is 17.1 Å². The number of aromatic nitrogens is 1. The summed E-state index contributed by atoms with van der Waals surface area (Å²) >= 11 is 0. The van der Waals surface area contributed by atoms with Gasteiger partial charge in [0.15, 0.2) is 6.10 Å². The molecule has 0 bridgehead atoms. The molecule has 0 radical (unpaired) electrons. The van der Waals surface area contributed by atoms with Crippen molar-refractivity contribution in [3.63, 3.8) is 0 Å². The first-order chi connectivity index (χ1) is 15.7. The number of aryl methyl sites for hydroxylation is 1. The second-order valence-electron chi connectivity index (χ2n) is 7.79. The Balaban J connectivity index is 1.48. The van der Waals surface area contributed by atoms with Crippen molar-refractivity contribution in [2.24, 2.45) is 0 Å². The predicted octanol–water partition coefficient (Wildman–Crippen LogP) is 1.53. The number of carboxylic acid groups (broad SMARTS) is 1. The molecular formula is C24H21N2O7-. The molecule has 0 spiro atoms. The molecule has 170 valence electrons. The van der Waals surface area contributed by atoms with Gasteiger partial charge in [0.05, 0.1) is 12.0 Å². The lowest BCUT2D eigenvalue weighted by atomic mass is 10.0. The number of hydrogen-bond donors (Lipinski definition) is 3. The average molecular weight is 449 g/mol. The molecular weight excluding hydrogens is 428 g/mol. The maximum atomic E-state index is 12.6. The number of ether oxygens (including phenoxy) is 1. The van der Waals surface area contributed by atoms with Gasteiger partial charge in [-0.2, -0.15) is 0 Å². The Morgan fingerprint density at radius 2 is 1.97 bits per heavy atom. The quantitative estimate of drug-likeness (QED) is 0.363. The first kappa shape index (κ1) is 21.9. The number of rotatable bonds is 7. The highest BCUT2D eigenvalue weighted by atomic mass is 16.5. The number of carbonyl (C=O) groups excluding carboxylic acids is 2. The molecule has 1 amide bonds. The Hall–Kier alpha value is -4.27. The SMILES string of the molecule is Cc1cc(=O)oc2cc(O[C@@H](C)C(=O)N[C@@H](Cc3c[nH]c4ccc(O)cc34)C(=O)[O-])ccc12. The summed E-state index contributed by atoms with van der Waals surface area (Å²) in [4.78, 5) is 38.9. The Bertz CT molecular complexity index is 1420. The number of hydrogen-bond acceptors (Lipinski definition) is 7. The lowest BCUT2D eigenvalue weighted by Crippen LogP contribution is -2.52. The Kier molecular flexibility index (Phi) is 5.78. The molecule has 0 saturated heterocycles. The van der Waals surface area contributed by atoms with E-state index in [1.165, 1.54) is 31.2 Å². The lowest BCUT2D eigenvalue weighted by Gasteiger charge is -2.22. The third-order valence-corrected chi connectivity index (χ3v) is 5.38. The molecule has 4 aromatic rings. The van der Waals surface area contributed by atoms with E-state index in [-0.39, 0.29) is 17.9 Å². The van der Waals surface area contributed by atoms with Crippen LogP contribution in [0.4, 0.5) is 0 Å². The van der Waals surface area contributed by atoms with E-state index in [2.05, 4.69) is 10.3 Å². The van der Waals surface area contributed by atoms with E-state index in [0.717, 1.165) is 16.5 Å². The molecule has 3 N–H and O–H groups in total. The van der Waals surface area contributed by atoms with Crippen molar-refractivity contribution < 1.29 is 29.0 Å². The van der Waals surface area contributed by atoms with Gasteiger partial charge in [-0.3, -0.25) is 4.79 Å². The second-order valence-corrected chi connectivity index (χ2v) is 7.79. The molecule has 0 unspecified atom stereocenters. The fourth-order valence-electron chi connectivity index (χ4n) is 3.67. The number of phenols is 1. The minimum absolute atomic E-state index is 0.0424. The molecule has 2 atom stereocenters. The van der Waals surface area contributed by atoms with Crippen LogP contribution < -0.4 is 20.8 Å². The highest BCUT2D eigenvalue weighted by Gasteiger charge is 2.22. The number of benzene rings is 2. The van der Waals surface area contributed by atoms with Crippen molar-refractivity contribution in [2.45, 2.75) is 32.4 Å². The van der Waals surface area contributed by atoms with Crippen LogP contribution in [-0.4, -0.2) is 34.1 Å². The van der Waals surface area contributed by atoms with Crippen LogP contribution >= 0.6 is 0 Å². The van der Waals surface area contributed by atoms with E-state index in [1.54, 1.807) is 31.3 Å². The van der Waals surface area contributed by atoms with Gasteiger partial charge in [-0.1, -0.05) is 0 Å². The van der Waals surface area contributed by atoms with Gasteiger partial charge in [0.25, 0.3) is 5.91 Å². The van der Waals surface area contributed by atoms with Crippen LogP contribution in [0.25, 0.3) is 21.9 Å². The Morgan fingerprint density at radius 3 is 2.73 bits per heavy atom. The van der Waals surface area contributed by atoms with Crippen molar-refractivity contribution in [1.29, 1.82) is 0 Å². The summed E-state index contributed by atoms with van der Waals surface area (Å²) < 4.78 is 10.8. The fraction of sp³-hybridized carbons (Fsp3) is 0.208. The number of carboxylic acids is 1. The van der Waals surface area contributed by atoms with Crippen LogP contribution in [0.1, 0.15) is 18.1 Å². The fourth-order valence-corrected chi connectivity index (χ4v) is 3.67. The zero-order valence-corrected chi connectivity index (χ0v) is 17.9. The smallest absolute Gasteiger partial charge is 0.336 e. The summed E-state index contributed by atoms with van der Waals surface area (Å²) in [6, 6.07) is 9.61. The lowest BCUT2D eigenvalue weighted by molar-refractivity contribution is -0.308. The summed E-state index contributed by atoms with van der Waals surface area (Å²) in [5.74, 6) is -1.78. The molecule has 33 heavy (non-hydrogen) atoms. The predicted molar refractivity (Wildman–Crippen MR) is 118 cm³/mol. The Morgan fingerprint density at radius 1 is 1.18 bits per heavy atom. The van der Waals surface area contributed by atoms with Crippen LogP contribution in [0.5, 0.6) is 11.5 Å². The van der Waals surface area contributed by atoms with Crippen molar-refractivity contribution in [1.82, 2.24) is 10.3 Å². The molecule has 2 aromatic carbocycles. The second kappa shape index (κ2) is 8.70. The van der Waals surface area contributed by atoms with Crippen LogP contribution in [0, 0.1) is 6.92 Å². The zero-order chi connectivity index (χ0) is 23.7. The number of phenolic OH excluding ortho intramolecular Hbond substituents is 1. The van der Waals surface area contributed by atoms with Crippen molar-refractivity contribution >= 4 is 33.7 Å². The Labute approximate surface area is 187 Å². The van der Waals surface area contributed by atoms with E-state index in [1.807, 2.05) is 0 Å². The van der Waals surface area contributed by atoms with Gasteiger partial charge in [0.2, 0.25) is 0 Å².